The van der Waals surface area contributed by atoms with E-state index in [2.05, 4.69) is 26.6 Å². The van der Waals surface area contributed by atoms with Gasteiger partial charge in [0.1, 0.15) is 0 Å². The zero-order valence-corrected chi connectivity index (χ0v) is 13.1. The van der Waals surface area contributed by atoms with Crippen molar-refractivity contribution in [1.29, 1.82) is 0 Å². The molecule has 1 aromatic rings. The molecule has 0 spiro atoms. The summed E-state index contributed by atoms with van der Waals surface area (Å²) in [5, 5.41) is 6.03. The van der Waals surface area contributed by atoms with Crippen molar-refractivity contribution in [2.45, 2.75) is 31.5 Å². The van der Waals surface area contributed by atoms with E-state index in [4.69, 9.17) is 0 Å². The monoisotopic (exact) mass is 364 g/mol. The number of alkyl halides is 3. The van der Waals surface area contributed by atoms with Crippen LogP contribution in [0.1, 0.15) is 35.7 Å². The standard InChI is InChI=1S/C14H16BrF3N2O/c1-13(4-6-19-7-5-13)20-12(21)9-2-3-11(15)10(8-9)14(16,17)18/h2-3,8,19H,4-7H2,1H3,(H,20,21). The minimum absolute atomic E-state index is 0.0188. The first kappa shape index (κ1) is 16.3. The van der Waals surface area contributed by atoms with E-state index in [-0.39, 0.29) is 15.6 Å². The lowest BCUT2D eigenvalue weighted by Crippen LogP contribution is -2.52. The van der Waals surface area contributed by atoms with Gasteiger partial charge < -0.3 is 10.6 Å². The van der Waals surface area contributed by atoms with Gasteiger partial charge in [0, 0.05) is 15.6 Å². The minimum atomic E-state index is -4.49. The van der Waals surface area contributed by atoms with Crippen LogP contribution in [0.2, 0.25) is 0 Å². The van der Waals surface area contributed by atoms with Crippen molar-refractivity contribution < 1.29 is 18.0 Å². The van der Waals surface area contributed by atoms with E-state index in [1.54, 1.807) is 0 Å². The maximum absolute atomic E-state index is 12.9. The molecule has 1 amide bonds. The van der Waals surface area contributed by atoms with Crippen molar-refractivity contribution in [2.75, 3.05) is 13.1 Å². The Morgan fingerprint density at radius 2 is 1.95 bits per heavy atom. The van der Waals surface area contributed by atoms with Gasteiger partial charge in [0.25, 0.3) is 5.91 Å². The van der Waals surface area contributed by atoms with Gasteiger partial charge in [0.15, 0.2) is 0 Å². The molecule has 0 atom stereocenters. The number of carbonyl (C=O) groups excluding carboxylic acids is 1. The highest BCUT2D eigenvalue weighted by Crippen LogP contribution is 2.35. The fourth-order valence-electron chi connectivity index (χ4n) is 2.33. The zero-order chi connectivity index (χ0) is 15.7. The van der Waals surface area contributed by atoms with Crippen LogP contribution in [0.5, 0.6) is 0 Å². The lowest BCUT2D eigenvalue weighted by Gasteiger charge is -2.35. The molecule has 0 aromatic heterocycles. The molecule has 0 radical (unpaired) electrons. The van der Waals surface area contributed by atoms with Crippen molar-refractivity contribution in [2.24, 2.45) is 0 Å². The van der Waals surface area contributed by atoms with Crippen LogP contribution in [-0.4, -0.2) is 24.5 Å². The highest BCUT2D eigenvalue weighted by atomic mass is 79.9. The van der Waals surface area contributed by atoms with Crippen molar-refractivity contribution in [3.8, 4) is 0 Å². The van der Waals surface area contributed by atoms with Gasteiger partial charge in [-0.2, -0.15) is 13.2 Å². The van der Waals surface area contributed by atoms with E-state index >= 15 is 0 Å². The van der Waals surface area contributed by atoms with E-state index in [1.165, 1.54) is 12.1 Å². The highest BCUT2D eigenvalue weighted by Gasteiger charge is 2.34. The maximum atomic E-state index is 12.9. The van der Waals surface area contributed by atoms with Crippen molar-refractivity contribution >= 4 is 21.8 Å². The lowest BCUT2D eigenvalue weighted by molar-refractivity contribution is -0.138. The molecule has 1 heterocycles. The van der Waals surface area contributed by atoms with Gasteiger partial charge in [-0.15, -0.1) is 0 Å². The Balaban J connectivity index is 2.20. The smallest absolute Gasteiger partial charge is 0.347 e. The summed E-state index contributed by atoms with van der Waals surface area (Å²) in [7, 11) is 0. The Morgan fingerprint density at radius 1 is 1.33 bits per heavy atom. The molecule has 7 heteroatoms. The highest BCUT2D eigenvalue weighted by molar-refractivity contribution is 9.10. The summed E-state index contributed by atoms with van der Waals surface area (Å²) in [6.45, 7) is 3.48. The number of piperidine rings is 1. The number of hydrogen-bond acceptors (Lipinski definition) is 2. The average Bonchev–Trinajstić information content (AvgIpc) is 2.38. The first-order valence-electron chi connectivity index (χ1n) is 6.61. The second-order valence-corrected chi connectivity index (χ2v) is 6.31. The molecule has 1 aliphatic rings. The summed E-state index contributed by atoms with van der Waals surface area (Å²) in [6.07, 6.45) is -2.99. The van der Waals surface area contributed by atoms with Crippen molar-refractivity contribution in [1.82, 2.24) is 10.6 Å². The first-order valence-corrected chi connectivity index (χ1v) is 7.41. The minimum Gasteiger partial charge on any atom is -0.347 e. The largest absolute Gasteiger partial charge is 0.417 e. The molecule has 1 fully saturated rings. The molecule has 21 heavy (non-hydrogen) atoms. The van der Waals surface area contributed by atoms with E-state index in [0.29, 0.717) is 0 Å². The second kappa shape index (κ2) is 5.96. The van der Waals surface area contributed by atoms with E-state index in [1.807, 2.05) is 6.92 Å². The molecule has 1 aliphatic heterocycles. The molecule has 0 unspecified atom stereocenters. The molecular formula is C14H16BrF3N2O. The van der Waals surface area contributed by atoms with Crippen LogP contribution in [-0.2, 0) is 6.18 Å². The lowest BCUT2D eigenvalue weighted by atomic mass is 9.90. The van der Waals surface area contributed by atoms with Gasteiger partial charge in [-0.3, -0.25) is 4.79 Å². The first-order chi connectivity index (χ1) is 9.71. The summed E-state index contributed by atoms with van der Waals surface area (Å²) in [4.78, 5) is 12.2. The van der Waals surface area contributed by atoms with Gasteiger partial charge in [0.05, 0.1) is 5.56 Å². The van der Waals surface area contributed by atoms with Crippen molar-refractivity contribution in [3.63, 3.8) is 0 Å². The number of halogens is 4. The SMILES string of the molecule is CC1(NC(=O)c2ccc(Br)c(C(F)(F)F)c2)CCNCC1. The summed E-state index contributed by atoms with van der Waals surface area (Å²) >= 11 is 2.86. The number of carbonyl (C=O) groups is 1. The van der Waals surface area contributed by atoms with Crippen molar-refractivity contribution in [3.05, 3.63) is 33.8 Å². The van der Waals surface area contributed by atoms with Crippen LogP contribution in [0.4, 0.5) is 13.2 Å². The van der Waals surface area contributed by atoms with Crippen LogP contribution < -0.4 is 10.6 Å². The summed E-state index contributed by atoms with van der Waals surface area (Å²) in [5.74, 6) is -0.475. The third-order valence-electron chi connectivity index (χ3n) is 3.66. The summed E-state index contributed by atoms with van der Waals surface area (Å²) < 4.78 is 38.5. The maximum Gasteiger partial charge on any atom is 0.417 e. The molecule has 0 bridgehead atoms. The second-order valence-electron chi connectivity index (χ2n) is 5.46. The number of nitrogens with one attached hydrogen (secondary N) is 2. The number of benzene rings is 1. The molecule has 1 aromatic carbocycles. The van der Waals surface area contributed by atoms with Gasteiger partial charge >= 0.3 is 6.18 Å². The van der Waals surface area contributed by atoms with Crippen LogP contribution in [0.15, 0.2) is 22.7 Å². The van der Waals surface area contributed by atoms with Gasteiger partial charge in [-0.25, -0.2) is 0 Å². The molecule has 116 valence electrons. The molecule has 2 N–H and O–H groups in total. The van der Waals surface area contributed by atoms with E-state index in [0.717, 1.165) is 32.0 Å². The summed E-state index contributed by atoms with van der Waals surface area (Å²) in [6, 6.07) is 3.52. The topological polar surface area (TPSA) is 41.1 Å². The third kappa shape index (κ3) is 3.97. The predicted molar refractivity (Wildman–Crippen MR) is 77.1 cm³/mol. The normalized spacial score (nSPS) is 18.3. The van der Waals surface area contributed by atoms with Gasteiger partial charge in [-0.1, -0.05) is 15.9 Å². The van der Waals surface area contributed by atoms with Crippen LogP contribution >= 0.6 is 15.9 Å². The molecule has 3 nitrogen and oxygen atoms in total. The Bertz CT molecular complexity index is 540. The van der Waals surface area contributed by atoms with Crippen LogP contribution in [0, 0.1) is 0 Å². The molecular weight excluding hydrogens is 349 g/mol. The van der Waals surface area contributed by atoms with E-state index in [9.17, 15) is 18.0 Å². The quantitative estimate of drug-likeness (QED) is 0.844. The molecule has 2 rings (SSSR count). The Kier molecular flexibility index (Phi) is 4.63. The molecule has 0 aliphatic carbocycles. The average molecular weight is 365 g/mol. The third-order valence-corrected chi connectivity index (χ3v) is 4.35. The fourth-order valence-corrected chi connectivity index (χ4v) is 2.80. The van der Waals surface area contributed by atoms with Gasteiger partial charge in [-0.05, 0) is 51.1 Å². The fraction of sp³-hybridized carbons (Fsp3) is 0.500. The van der Waals surface area contributed by atoms with E-state index < -0.39 is 17.6 Å². The number of rotatable bonds is 2. The Hall–Kier alpha value is -1.08. The zero-order valence-electron chi connectivity index (χ0n) is 11.5. The Morgan fingerprint density at radius 3 is 2.52 bits per heavy atom. The molecule has 1 saturated heterocycles. The van der Waals surface area contributed by atoms with Gasteiger partial charge in [0.2, 0.25) is 0 Å². The Labute approximate surface area is 129 Å². The van der Waals surface area contributed by atoms with Crippen LogP contribution in [0.3, 0.4) is 0 Å². The molecule has 0 saturated carbocycles. The summed E-state index contributed by atoms with van der Waals surface area (Å²) in [5.41, 5.74) is -1.20. The predicted octanol–water partition coefficient (Wildman–Crippen LogP) is 3.34. The number of hydrogen-bond donors (Lipinski definition) is 2. The number of amides is 1. The van der Waals surface area contributed by atoms with Crippen LogP contribution in [0.25, 0.3) is 0 Å².